The molecular weight excluding hydrogens is 326 g/mol. The Bertz CT molecular complexity index is 736. The number of rotatable bonds is 5. The zero-order chi connectivity index (χ0) is 17.2. The van der Waals surface area contributed by atoms with Gasteiger partial charge in [0.1, 0.15) is 5.75 Å². The molecule has 1 aromatic heterocycles. The lowest BCUT2D eigenvalue weighted by molar-refractivity contribution is -0.0948. The maximum Gasteiger partial charge on any atom is 0.288 e. The van der Waals surface area contributed by atoms with Gasteiger partial charge in [-0.05, 0) is 43.8 Å². The van der Waals surface area contributed by atoms with Crippen LogP contribution in [0, 0.1) is 4.84 Å². The van der Waals surface area contributed by atoms with Gasteiger partial charge in [-0.25, -0.2) is 4.68 Å². The summed E-state index contributed by atoms with van der Waals surface area (Å²) in [4.78, 5) is 2.68. The molecule has 0 bridgehead atoms. The van der Waals surface area contributed by atoms with Gasteiger partial charge >= 0.3 is 0 Å². The van der Waals surface area contributed by atoms with Gasteiger partial charge in [-0.1, -0.05) is 12.1 Å². The number of hydrogen-bond donors (Lipinski definition) is 0. The Kier molecular flexibility index (Phi) is 5.03. The van der Waals surface area contributed by atoms with Crippen LogP contribution in [0.5, 0.6) is 5.75 Å². The summed E-state index contributed by atoms with van der Waals surface area (Å²) in [5, 5.41) is 4.52. The predicted octanol–water partition coefficient (Wildman–Crippen LogP) is 2.87. The molecule has 1 fully saturated rings. The van der Waals surface area contributed by atoms with E-state index in [9.17, 15) is 0 Å². The first-order valence-electron chi connectivity index (χ1n) is 8.01. The van der Waals surface area contributed by atoms with Crippen LogP contribution in [0.3, 0.4) is 0 Å². The first-order valence-corrected chi connectivity index (χ1v) is 8.42. The maximum absolute atomic E-state index is 5.74. The molecule has 3 rings (SSSR count). The van der Waals surface area contributed by atoms with Crippen LogP contribution in [-0.4, -0.2) is 47.1 Å². The average molecular weight is 349 g/mol. The van der Waals surface area contributed by atoms with Gasteiger partial charge in [0.05, 0.1) is 32.4 Å². The van der Waals surface area contributed by atoms with Crippen molar-refractivity contribution in [3.8, 4) is 5.75 Å². The van der Waals surface area contributed by atoms with Crippen LogP contribution in [0.2, 0.25) is 0 Å². The first kappa shape index (κ1) is 17.1. The van der Waals surface area contributed by atoms with E-state index in [2.05, 4.69) is 23.8 Å². The van der Waals surface area contributed by atoms with Gasteiger partial charge in [0.2, 0.25) is 5.89 Å². The number of aromatic nitrogens is 2. The minimum atomic E-state index is -0.143. The Morgan fingerprint density at radius 1 is 1.29 bits per heavy atom. The summed E-state index contributed by atoms with van der Waals surface area (Å²) < 4.78 is 18.3. The Morgan fingerprint density at radius 3 is 2.71 bits per heavy atom. The second kappa shape index (κ2) is 7.04. The smallest absolute Gasteiger partial charge is 0.288 e. The highest BCUT2D eigenvalue weighted by Crippen LogP contribution is 2.18. The molecule has 1 aliphatic rings. The van der Waals surface area contributed by atoms with Crippen LogP contribution in [-0.2, 0) is 17.8 Å². The molecule has 0 atom stereocenters. The van der Waals surface area contributed by atoms with Crippen molar-refractivity contribution in [3.05, 3.63) is 40.6 Å². The Hall–Kier alpha value is -1.70. The lowest BCUT2D eigenvalue weighted by Gasteiger charge is -2.37. The maximum atomic E-state index is 5.74. The Balaban J connectivity index is 1.67. The lowest BCUT2D eigenvalue weighted by Crippen LogP contribution is -2.48. The molecule has 0 N–H and O–H groups in total. The number of methoxy groups -OCH3 is 1. The van der Waals surface area contributed by atoms with Crippen molar-refractivity contribution < 1.29 is 13.9 Å². The van der Waals surface area contributed by atoms with E-state index in [1.54, 1.807) is 11.8 Å². The highest BCUT2D eigenvalue weighted by Gasteiger charge is 2.27. The molecule has 0 saturated carbocycles. The molecule has 0 aliphatic carbocycles. The fourth-order valence-corrected chi connectivity index (χ4v) is 3.05. The highest BCUT2D eigenvalue weighted by atomic mass is 32.1. The molecule has 6 nitrogen and oxygen atoms in total. The number of nitrogens with zero attached hydrogens (tertiary/aromatic N) is 3. The van der Waals surface area contributed by atoms with Crippen LogP contribution in [0.4, 0.5) is 0 Å². The van der Waals surface area contributed by atoms with E-state index in [-0.39, 0.29) is 5.60 Å². The molecule has 0 radical (unpaired) electrons. The monoisotopic (exact) mass is 349 g/mol. The van der Waals surface area contributed by atoms with Gasteiger partial charge in [-0.3, -0.25) is 4.90 Å². The summed E-state index contributed by atoms with van der Waals surface area (Å²) >= 11 is 5.31. The zero-order valence-corrected chi connectivity index (χ0v) is 15.1. The van der Waals surface area contributed by atoms with E-state index in [0.29, 0.717) is 23.8 Å². The van der Waals surface area contributed by atoms with Crippen molar-refractivity contribution in [2.45, 2.75) is 32.5 Å². The largest absolute Gasteiger partial charge is 0.497 e. The molecular formula is C17H23N3O3S. The summed E-state index contributed by atoms with van der Waals surface area (Å²) in [6.45, 7) is 7.24. The molecule has 0 amide bonds. The number of ether oxygens (including phenoxy) is 2. The topological polar surface area (TPSA) is 52.7 Å². The van der Waals surface area contributed by atoms with E-state index < -0.39 is 0 Å². The van der Waals surface area contributed by atoms with Crippen molar-refractivity contribution >= 4 is 12.2 Å². The average Bonchev–Trinajstić information content (AvgIpc) is 2.86. The van der Waals surface area contributed by atoms with E-state index in [4.69, 9.17) is 26.1 Å². The normalized spacial score (nSPS) is 17.8. The minimum Gasteiger partial charge on any atom is -0.497 e. The predicted molar refractivity (Wildman–Crippen MR) is 92.7 cm³/mol. The van der Waals surface area contributed by atoms with Crippen molar-refractivity contribution in [2.75, 3.05) is 26.8 Å². The molecule has 130 valence electrons. The highest BCUT2D eigenvalue weighted by molar-refractivity contribution is 7.71. The molecule has 2 aromatic rings. The van der Waals surface area contributed by atoms with Crippen molar-refractivity contribution in [3.63, 3.8) is 0 Å². The van der Waals surface area contributed by atoms with E-state index in [0.717, 1.165) is 31.0 Å². The van der Waals surface area contributed by atoms with Gasteiger partial charge in [0, 0.05) is 13.1 Å². The standard InChI is InChI=1S/C17H23N3O3S/c1-17(2)11-19(8-9-22-17)12-20-16(24)23-15(18-20)10-13-4-6-14(21-3)7-5-13/h4-7H,8-12H2,1-3H3. The van der Waals surface area contributed by atoms with Gasteiger partial charge in [-0.15, -0.1) is 5.10 Å². The second-order valence-corrected chi connectivity index (χ2v) is 6.94. The van der Waals surface area contributed by atoms with E-state index in [1.165, 1.54) is 0 Å². The summed E-state index contributed by atoms with van der Waals surface area (Å²) in [5.41, 5.74) is 0.961. The SMILES string of the molecule is COc1ccc(Cc2nn(CN3CCOC(C)(C)C3)c(=S)o2)cc1. The minimum absolute atomic E-state index is 0.143. The van der Waals surface area contributed by atoms with E-state index in [1.807, 2.05) is 24.3 Å². The van der Waals surface area contributed by atoms with Crippen LogP contribution < -0.4 is 4.74 Å². The van der Waals surface area contributed by atoms with Gasteiger partial charge in [0.15, 0.2) is 0 Å². The third-order valence-electron chi connectivity index (χ3n) is 4.00. The van der Waals surface area contributed by atoms with Crippen molar-refractivity contribution in [2.24, 2.45) is 0 Å². The van der Waals surface area contributed by atoms with Crippen LogP contribution in [0.15, 0.2) is 28.7 Å². The summed E-state index contributed by atoms with van der Waals surface area (Å²) in [6, 6.07) is 7.86. The third kappa shape index (κ3) is 4.23. The second-order valence-electron chi connectivity index (χ2n) is 6.59. The number of hydrogen-bond acceptors (Lipinski definition) is 6. The number of benzene rings is 1. The molecule has 24 heavy (non-hydrogen) atoms. The van der Waals surface area contributed by atoms with Crippen LogP contribution >= 0.6 is 12.2 Å². The summed E-state index contributed by atoms with van der Waals surface area (Å²) in [7, 11) is 1.66. The molecule has 0 unspecified atom stereocenters. The molecule has 2 heterocycles. The lowest BCUT2D eigenvalue weighted by atomic mass is 10.1. The fraction of sp³-hybridized carbons (Fsp3) is 0.529. The van der Waals surface area contributed by atoms with Crippen LogP contribution in [0.1, 0.15) is 25.3 Å². The van der Waals surface area contributed by atoms with Gasteiger partial charge in [0.25, 0.3) is 4.84 Å². The fourth-order valence-electron chi connectivity index (χ4n) is 2.85. The third-order valence-corrected chi connectivity index (χ3v) is 4.30. The zero-order valence-electron chi connectivity index (χ0n) is 14.3. The number of morpholine rings is 1. The Labute approximate surface area is 147 Å². The van der Waals surface area contributed by atoms with Crippen LogP contribution in [0.25, 0.3) is 0 Å². The Morgan fingerprint density at radius 2 is 2.04 bits per heavy atom. The molecule has 1 saturated heterocycles. The molecule has 0 spiro atoms. The quantitative estimate of drug-likeness (QED) is 0.774. The molecule has 1 aromatic carbocycles. The van der Waals surface area contributed by atoms with Crippen molar-refractivity contribution in [1.82, 2.24) is 14.7 Å². The van der Waals surface area contributed by atoms with E-state index >= 15 is 0 Å². The van der Waals surface area contributed by atoms with Gasteiger partial charge < -0.3 is 13.9 Å². The molecule has 7 heteroatoms. The van der Waals surface area contributed by atoms with Crippen molar-refractivity contribution in [1.29, 1.82) is 0 Å². The molecule has 1 aliphatic heterocycles. The first-order chi connectivity index (χ1) is 11.4. The van der Waals surface area contributed by atoms with Gasteiger partial charge in [-0.2, -0.15) is 0 Å². The summed E-state index contributed by atoms with van der Waals surface area (Å²) in [5.74, 6) is 1.46. The summed E-state index contributed by atoms with van der Waals surface area (Å²) in [6.07, 6.45) is 0.606.